The van der Waals surface area contributed by atoms with Crippen LogP contribution in [-0.2, 0) is 16.1 Å². The predicted molar refractivity (Wildman–Crippen MR) is 78.1 cm³/mol. The van der Waals surface area contributed by atoms with Gasteiger partial charge in [0.15, 0.2) is 0 Å². The molecule has 0 spiro atoms. The van der Waals surface area contributed by atoms with Crippen LogP contribution >= 0.6 is 0 Å². The third kappa shape index (κ3) is 5.03. The van der Waals surface area contributed by atoms with Crippen LogP contribution in [0.3, 0.4) is 0 Å². The van der Waals surface area contributed by atoms with Crippen LogP contribution in [0.25, 0.3) is 0 Å². The molecule has 19 heavy (non-hydrogen) atoms. The molecule has 0 saturated heterocycles. The maximum absolute atomic E-state index is 11.6. The average molecular weight is 263 g/mol. The average Bonchev–Trinajstić information content (AvgIpc) is 2.33. The van der Waals surface area contributed by atoms with Gasteiger partial charge in [-0.1, -0.05) is 18.2 Å². The Morgan fingerprint density at radius 3 is 2.47 bits per heavy atom. The number of aryl methyl sites for hydroxylation is 2. The third-order valence-corrected chi connectivity index (χ3v) is 3.32. The Hall–Kier alpha value is -1.35. The Balaban J connectivity index is 2.72. The van der Waals surface area contributed by atoms with E-state index in [1.807, 2.05) is 6.92 Å². The van der Waals surface area contributed by atoms with Gasteiger partial charge in [-0.05, 0) is 51.3 Å². The van der Waals surface area contributed by atoms with Gasteiger partial charge < -0.3 is 4.74 Å². The van der Waals surface area contributed by atoms with Gasteiger partial charge in [-0.25, -0.2) is 0 Å². The Morgan fingerprint density at radius 1 is 1.26 bits per heavy atom. The lowest BCUT2D eigenvalue weighted by Gasteiger charge is -2.25. The Bertz CT molecular complexity index is 427. The van der Waals surface area contributed by atoms with Gasteiger partial charge in [-0.3, -0.25) is 9.69 Å². The summed E-state index contributed by atoms with van der Waals surface area (Å²) in [7, 11) is 0. The monoisotopic (exact) mass is 263 g/mol. The zero-order chi connectivity index (χ0) is 14.4. The van der Waals surface area contributed by atoms with Crippen molar-refractivity contribution in [3.05, 3.63) is 34.9 Å². The van der Waals surface area contributed by atoms with Crippen molar-refractivity contribution >= 4 is 5.97 Å². The summed E-state index contributed by atoms with van der Waals surface area (Å²) in [6.45, 7) is 11.8. The SMILES string of the molecule is CCOC(=O)CN(Cc1ccc(C)c(C)c1)C(C)C. The summed E-state index contributed by atoms with van der Waals surface area (Å²) in [5.74, 6) is -0.153. The van der Waals surface area contributed by atoms with E-state index in [0.717, 1.165) is 6.54 Å². The number of hydrogen-bond acceptors (Lipinski definition) is 3. The summed E-state index contributed by atoms with van der Waals surface area (Å²) < 4.78 is 5.02. The van der Waals surface area contributed by atoms with Gasteiger partial charge >= 0.3 is 5.97 Å². The lowest BCUT2D eigenvalue weighted by molar-refractivity contribution is -0.145. The smallest absolute Gasteiger partial charge is 0.320 e. The van der Waals surface area contributed by atoms with E-state index in [4.69, 9.17) is 4.74 Å². The molecule has 0 aliphatic heterocycles. The third-order valence-electron chi connectivity index (χ3n) is 3.32. The highest BCUT2D eigenvalue weighted by Crippen LogP contribution is 2.13. The molecule has 0 unspecified atom stereocenters. The van der Waals surface area contributed by atoms with Crippen molar-refractivity contribution in [3.8, 4) is 0 Å². The first-order valence-electron chi connectivity index (χ1n) is 6.89. The Kier molecular flexibility index (Phi) is 6.03. The van der Waals surface area contributed by atoms with Crippen molar-refractivity contribution in [1.82, 2.24) is 4.90 Å². The standard InChI is InChI=1S/C16H25NO2/c1-6-19-16(18)11-17(12(2)3)10-15-8-7-13(4)14(5)9-15/h7-9,12H,6,10-11H2,1-5H3. The first-order chi connectivity index (χ1) is 8.93. The van der Waals surface area contributed by atoms with Crippen LogP contribution in [0.2, 0.25) is 0 Å². The summed E-state index contributed by atoms with van der Waals surface area (Å²) in [4.78, 5) is 13.7. The van der Waals surface area contributed by atoms with E-state index >= 15 is 0 Å². The Labute approximate surface area is 116 Å². The minimum absolute atomic E-state index is 0.153. The van der Waals surface area contributed by atoms with Crippen molar-refractivity contribution in [3.63, 3.8) is 0 Å². The molecule has 1 aromatic rings. The largest absolute Gasteiger partial charge is 0.465 e. The molecule has 0 aliphatic rings. The molecule has 0 aliphatic carbocycles. The second-order valence-electron chi connectivity index (χ2n) is 5.22. The number of esters is 1. The van der Waals surface area contributed by atoms with Crippen LogP contribution < -0.4 is 0 Å². The predicted octanol–water partition coefficient (Wildman–Crippen LogP) is 3.08. The first kappa shape index (κ1) is 15.7. The zero-order valence-electron chi connectivity index (χ0n) is 12.7. The van der Waals surface area contributed by atoms with Gasteiger partial charge in [0, 0.05) is 12.6 Å². The fourth-order valence-corrected chi connectivity index (χ4v) is 1.93. The van der Waals surface area contributed by atoms with Crippen LogP contribution in [0.1, 0.15) is 37.5 Å². The maximum Gasteiger partial charge on any atom is 0.320 e. The molecule has 3 nitrogen and oxygen atoms in total. The van der Waals surface area contributed by atoms with Gasteiger partial charge in [0.1, 0.15) is 0 Å². The second-order valence-corrected chi connectivity index (χ2v) is 5.22. The van der Waals surface area contributed by atoms with E-state index in [-0.39, 0.29) is 5.97 Å². The minimum Gasteiger partial charge on any atom is -0.465 e. The number of ether oxygens (including phenoxy) is 1. The normalized spacial score (nSPS) is 11.1. The summed E-state index contributed by atoms with van der Waals surface area (Å²) in [5, 5.41) is 0. The number of benzene rings is 1. The van der Waals surface area contributed by atoms with Gasteiger partial charge in [-0.15, -0.1) is 0 Å². The van der Waals surface area contributed by atoms with E-state index < -0.39 is 0 Å². The van der Waals surface area contributed by atoms with E-state index in [1.54, 1.807) is 0 Å². The minimum atomic E-state index is -0.153. The van der Waals surface area contributed by atoms with Crippen LogP contribution in [0.5, 0.6) is 0 Å². The van der Waals surface area contributed by atoms with E-state index in [0.29, 0.717) is 19.2 Å². The molecule has 0 atom stereocenters. The molecule has 0 fully saturated rings. The highest BCUT2D eigenvalue weighted by atomic mass is 16.5. The molecule has 3 heteroatoms. The fourth-order valence-electron chi connectivity index (χ4n) is 1.93. The number of nitrogens with zero attached hydrogens (tertiary/aromatic N) is 1. The lowest BCUT2D eigenvalue weighted by atomic mass is 10.1. The molecule has 0 N–H and O–H groups in total. The topological polar surface area (TPSA) is 29.5 Å². The van der Waals surface area contributed by atoms with Crippen LogP contribution in [0.4, 0.5) is 0 Å². The number of carbonyl (C=O) groups is 1. The Morgan fingerprint density at radius 2 is 1.95 bits per heavy atom. The molecule has 0 aromatic heterocycles. The van der Waals surface area contributed by atoms with E-state index in [9.17, 15) is 4.79 Å². The number of carbonyl (C=O) groups excluding carboxylic acids is 1. The highest BCUT2D eigenvalue weighted by molar-refractivity contribution is 5.71. The van der Waals surface area contributed by atoms with Gasteiger partial charge in [0.25, 0.3) is 0 Å². The summed E-state index contributed by atoms with van der Waals surface area (Å²) >= 11 is 0. The van der Waals surface area contributed by atoms with Crippen molar-refractivity contribution in [2.24, 2.45) is 0 Å². The van der Waals surface area contributed by atoms with E-state index in [1.165, 1.54) is 16.7 Å². The molecular weight excluding hydrogens is 238 g/mol. The molecular formula is C16H25NO2. The second kappa shape index (κ2) is 7.29. The summed E-state index contributed by atoms with van der Waals surface area (Å²) in [5.41, 5.74) is 3.82. The summed E-state index contributed by atoms with van der Waals surface area (Å²) in [6, 6.07) is 6.76. The van der Waals surface area contributed by atoms with Gasteiger partial charge in [-0.2, -0.15) is 0 Å². The maximum atomic E-state index is 11.6. The molecule has 106 valence electrons. The number of rotatable bonds is 6. The van der Waals surface area contributed by atoms with E-state index in [2.05, 4.69) is 50.8 Å². The molecule has 1 aromatic carbocycles. The highest BCUT2D eigenvalue weighted by Gasteiger charge is 2.15. The molecule has 0 radical (unpaired) electrons. The molecule has 0 amide bonds. The quantitative estimate of drug-likeness (QED) is 0.739. The van der Waals surface area contributed by atoms with Crippen molar-refractivity contribution in [1.29, 1.82) is 0 Å². The van der Waals surface area contributed by atoms with Crippen molar-refractivity contribution in [2.45, 2.75) is 47.2 Å². The van der Waals surface area contributed by atoms with Gasteiger partial charge in [0.05, 0.1) is 13.2 Å². The molecule has 0 heterocycles. The van der Waals surface area contributed by atoms with Gasteiger partial charge in [0.2, 0.25) is 0 Å². The lowest BCUT2D eigenvalue weighted by Crippen LogP contribution is -2.36. The molecule has 0 saturated carbocycles. The molecule has 1 rings (SSSR count). The zero-order valence-corrected chi connectivity index (χ0v) is 12.7. The van der Waals surface area contributed by atoms with Crippen LogP contribution in [0.15, 0.2) is 18.2 Å². The number of hydrogen-bond donors (Lipinski definition) is 0. The first-order valence-corrected chi connectivity index (χ1v) is 6.89. The van der Waals surface area contributed by atoms with Crippen LogP contribution in [-0.4, -0.2) is 30.1 Å². The summed E-state index contributed by atoms with van der Waals surface area (Å²) in [6.07, 6.45) is 0. The molecule has 0 bridgehead atoms. The van der Waals surface area contributed by atoms with Crippen LogP contribution in [0, 0.1) is 13.8 Å². The van der Waals surface area contributed by atoms with Crippen molar-refractivity contribution in [2.75, 3.05) is 13.2 Å². The van der Waals surface area contributed by atoms with Crippen molar-refractivity contribution < 1.29 is 9.53 Å². The fraction of sp³-hybridized carbons (Fsp3) is 0.562.